The number of halogens is 2. The number of nitrogen functional groups attached to an aromatic ring is 1. The molecular formula is C13H9ClFN3. The normalized spacial score (nSPS) is 11.0. The fourth-order valence-corrected chi connectivity index (χ4v) is 2.11. The molecule has 0 aliphatic heterocycles. The number of benzene rings is 1. The maximum Gasteiger partial charge on any atom is 0.157 e. The van der Waals surface area contributed by atoms with Crippen LogP contribution in [-0.2, 0) is 0 Å². The van der Waals surface area contributed by atoms with Crippen LogP contribution in [0.15, 0.2) is 42.6 Å². The van der Waals surface area contributed by atoms with E-state index in [2.05, 4.69) is 4.98 Å². The second kappa shape index (κ2) is 3.99. The van der Waals surface area contributed by atoms with Crippen LogP contribution in [0, 0.1) is 5.82 Å². The molecule has 2 heterocycles. The molecule has 5 heteroatoms. The molecule has 0 saturated carbocycles. The highest BCUT2D eigenvalue weighted by molar-refractivity contribution is 6.33. The highest BCUT2D eigenvalue weighted by Crippen LogP contribution is 2.30. The number of nitrogens with zero attached hydrogens (tertiary/aromatic N) is 2. The molecule has 0 saturated heterocycles. The summed E-state index contributed by atoms with van der Waals surface area (Å²) in [4.78, 5) is 4.31. The van der Waals surface area contributed by atoms with Crippen LogP contribution < -0.4 is 5.73 Å². The quantitative estimate of drug-likeness (QED) is 0.730. The van der Waals surface area contributed by atoms with Gasteiger partial charge < -0.3 is 5.73 Å². The maximum atomic E-state index is 13.7. The van der Waals surface area contributed by atoms with Gasteiger partial charge in [0.25, 0.3) is 0 Å². The van der Waals surface area contributed by atoms with E-state index in [0.717, 1.165) is 0 Å². The van der Waals surface area contributed by atoms with E-state index in [1.165, 1.54) is 6.07 Å². The molecule has 0 aliphatic carbocycles. The molecule has 1 aromatic carbocycles. The van der Waals surface area contributed by atoms with Crippen molar-refractivity contribution in [2.75, 3.05) is 5.73 Å². The molecule has 2 aromatic heterocycles. The van der Waals surface area contributed by atoms with Gasteiger partial charge in [0, 0.05) is 11.8 Å². The zero-order chi connectivity index (χ0) is 12.7. The lowest BCUT2D eigenvalue weighted by Crippen LogP contribution is -1.94. The third kappa shape index (κ3) is 1.54. The number of hydrogen-bond donors (Lipinski definition) is 1. The molecule has 0 aliphatic rings. The number of imidazole rings is 1. The SMILES string of the molecule is Nc1c(-c2ccccc2F)nc2c(Cl)cccn12. The van der Waals surface area contributed by atoms with Gasteiger partial charge >= 0.3 is 0 Å². The van der Waals surface area contributed by atoms with Gasteiger partial charge in [0.05, 0.1) is 5.02 Å². The zero-order valence-electron chi connectivity index (χ0n) is 9.27. The maximum absolute atomic E-state index is 13.7. The lowest BCUT2D eigenvalue weighted by molar-refractivity contribution is 0.631. The van der Waals surface area contributed by atoms with Crippen LogP contribution in [0.1, 0.15) is 0 Å². The van der Waals surface area contributed by atoms with Crippen LogP contribution in [0.3, 0.4) is 0 Å². The van der Waals surface area contributed by atoms with E-state index in [1.54, 1.807) is 40.9 Å². The standard InChI is InChI=1S/C13H9ClFN3/c14-9-5-3-7-18-12(16)11(17-13(9)18)8-4-1-2-6-10(8)15/h1-7H,16H2. The first-order chi connectivity index (χ1) is 8.68. The van der Waals surface area contributed by atoms with Crippen molar-refractivity contribution in [1.82, 2.24) is 9.38 Å². The lowest BCUT2D eigenvalue weighted by atomic mass is 10.1. The first kappa shape index (κ1) is 11.0. The summed E-state index contributed by atoms with van der Waals surface area (Å²) in [6.07, 6.45) is 1.74. The van der Waals surface area contributed by atoms with Crippen molar-refractivity contribution in [1.29, 1.82) is 0 Å². The summed E-state index contributed by atoms with van der Waals surface area (Å²) in [5.74, 6) is 0.0151. The van der Waals surface area contributed by atoms with Gasteiger partial charge in [-0.05, 0) is 24.3 Å². The van der Waals surface area contributed by atoms with E-state index in [9.17, 15) is 4.39 Å². The topological polar surface area (TPSA) is 43.3 Å². The molecule has 0 spiro atoms. The van der Waals surface area contributed by atoms with E-state index < -0.39 is 0 Å². The monoisotopic (exact) mass is 261 g/mol. The van der Waals surface area contributed by atoms with Gasteiger partial charge in [-0.15, -0.1) is 0 Å². The van der Waals surface area contributed by atoms with Crippen molar-refractivity contribution in [2.24, 2.45) is 0 Å². The Morgan fingerprint density at radius 3 is 2.67 bits per heavy atom. The van der Waals surface area contributed by atoms with Crippen LogP contribution in [0.25, 0.3) is 16.9 Å². The highest BCUT2D eigenvalue weighted by atomic mass is 35.5. The van der Waals surface area contributed by atoms with E-state index in [4.69, 9.17) is 17.3 Å². The number of aromatic nitrogens is 2. The Kier molecular flexibility index (Phi) is 2.45. The molecule has 0 atom stereocenters. The van der Waals surface area contributed by atoms with Gasteiger partial charge in [0.15, 0.2) is 5.65 Å². The average molecular weight is 262 g/mol. The Bertz CT molecular complexity index is 736. The fourth-order valence-electron chi connectivity index (χ4n) is 1.90. The van der Waals surface area contributed by atoms with Crippen molar-refractivity contribution < 1.29 is 4.39 Å². The Labute approximate surface area is 108 Å². The second-order valence-electron chi connectivity index (χ2n) is 3.88. The molecule has 0 radical (unpaired) electrons. The zero-order valence-corrected chi connectivity index (χ0v) is 10.0. The number of fused-ring (bicyclic) bond motifs is 1. The minimum absolute atomic E-state index is 0.358. The van der Waals surface area contributed by atoms with Crippen molar-refractivity contribution in [3.63, 3.8) is 0 Å². The summed E-state index contributed by atoms with van der Waals surface area (Å²) in [5.41, 5.74) is 7.28. The van der Waals surface area contributed by atoms with Gasteiger partial charge in [0.2, 0.25) is 0 Å². The minimum atomic E-state index is -0.358. The summed E-state index contributed by atoms with van der Waals surface area (Å²) >= 11 is 6.04. The van der Waals surface area contributed by atoms with Gasteiger partial charge in [-0.1, -0.05) is 23.7 Å². The van der Waals surface area contributed by atoms with Gasteiger partial charge in [-0.2, -0.15) is 0 Å². The van der Waals surface area contributed by atoms with E-state index in [1.807, 2.05) is 0 Å². The second-order valence-corrected chi connectivity index (χ2v) is 4.28. The summed E-state index contributed by atoms with van der Waals surface area (Å²) in [7, 11) is 0. The van der Waals surface area contributed by atoms with Gasteiger partial charge in [-0.25, -0.2) is 9.37 Å². The smallest absolute Gasteiger partial charge is 0.157 e. The molecule has 0 fully saturated rings. The van der Waals surface area contributed by atoms with Crippen molar-refractivity contribution >= 4 is 23.1 Å². The third-order valence-electron chi connectivity index (χ3n) is 2.77. The first-order valence-corrected chi connectivity index (χ1v) is 5.73. The van der Waals surface area contributed by atoms with Crippen molar-refractivity contribution in [3.8, 4) is 11.3 Å². The van der Waals surface area contributed by atoms with E-state index >= 15 is 0 Å². The summed E-state index contributed by atoms with van der Waals surface area (Å²) in [6, 6.07) is 9.86. The Morgan fingerprint density at radius 1 is 1.17 bits per heavy atom. The molecular weight excluding hydrogens is 253 g/mol. The predicted octanol–water partition coefficient (Wildman–Crippen LogP) is 3.38. The van der Waals surface area contributed by atoms with Crippen molar-refractivity contribution in [2.45, 2.75) is 0 Å². The summed E-state index contributed by atoms with van der Waals surface area (Å²) in [6.45, 7) is 0. The number of rotatable bonds is 1. The Balaban J connectivity index is 2.35. The van der Waals surface area contributed by atoms with E-state index in [0.29, 0.717) is 27.7 Å². The molecule has 0 amide bonds. The average Bonchev–Trinajstić information content (AvgIpc) is 2.70. The largest absolute Gasteiger partial charge is 0.383 e. The van der Waals surface area contributed by atoms with Crippen LogP contribution in [0.5, 0.6) is 0 Å². The molecule has 0 unspecified atom stereocenters. The van der Waals surface area contributed by atoms with Gasteiger partial charge in [0.1, 0.15) is 17.3 Å². The third-order valence-corrected chi connectivity index (χ3v) is 3.06. The number of pyridine rings is 1. The van der Waals surface area contributed by atoms with Crippen LogP contribution in [0.2, 0.25) is 5.02 Å². The molecule has 2 N–H and O–H groups in total. The fraction of sp³-hybridized carbons (Fsp3) is 0. The lowest BCUT2D eigenvalue weighted by Gasteiger charge is -2.00. The summed E-state index contributed by atoms with van der Waals surface area (Å²) < 4.78 is 15.4. The van der Waals surface area contributed by atoms with E-state index in [-0.39, 0.29) is 5.82 Å². The van der Waals surface area contributed by atoms with Crippen LogP contribution in [-0.4, -0.2) is 9.38 Å². The molecule has 18 heavy (non-hydrogen) atoms. The number of hydrogen-bond acceptors (Lipinski definition) is 2. The molecule has 3 nitrogen and oxygen atoms in total. The Hall–Kier alpha value is -2.07. The molecule has 3 aromatic rings. The van der Waals surface area contributed by atoms with Crippen LogP contribution in [0.4, 0.5) is 10.2 Å². The first-order valence-electron chi connectivity index (χ1n) is 5.35. The number of anilines is 1. The molecule has 0 bridgehead atoms. The highest BCUT2D eigenvalue weighted by Gasteiger charge is 2.15. The van der Waals surface area contributed by atoms with Crippen LogP contribution >= 0.6 is 11.6 Å². The summed E-state index contributed by atoms with van der Waals surface area (Å²) in [5, 5.41) is 0.479. The number of nitrogens with two attached hydrogens (primary N) is 1. The molecule has 90 valence electrons. The Morgan fingerprint density at radius 2 is 1.94 bits per heavy atom. The van der Waals surface area contributed by atoms with Crippen molar-refractivity contribution in [3.05, 3.63) is 53.4 Å². The van der Waals surface area contributed by atoms with Gasteiger partial charge in [-0.3, -0.25) is 4.40 Å². The predicted molar refractivity (Wildman–Crippen MR) is 70.0 cm³/mol. The molecule has 3 rings (SSSR count). The minimum Gasteiger partial charge on any atom is -0.383 e.